The third-order valence-corrected chi connectivity index (χ3v) is 4.00. The highest BCUT2D eigenvalue weighted by Crippen LogP contribution is 2.30. The number of aromatic amines is 1. The fraction of sp³-hybridized carbons (Fsp3) is 0. The number of halogens is 2. The Morgan fingerprint density at radius 3 is 2.71 bits per heavy atom. The number of H-pyrrole nitrogens is 1. The minimum Gasteiger partial charge on any atom is -0.305 e. The molecule has 0 spiro atoms. The molecule has 0 saturated carbocycles. The maximum absolute atomic E-state index is 11.3. The summed E-state index contributed by atoms with van der Waals surface area (Å²) in [4.78, 5) is 19.0. The van der Waals surface area contributed by atoms with Crippen molar-refractivity contribution in [2.75, 3.05) is 0 Å². The normalized spacial score (nSPS) is 10.4. The van der Waals surface area contributed by atoms with Crippen LogP contribution in [0.3, 0.4) is 0 Å². The van der Waals surface area contributed by atoms with E-state index in [2.05, 4.69) is 41.8 Å². The highest BCUT2D eigenvalue weighted by molar-refractivity contribution is 9.10. The van der Waals surface area contributed by atoms with Crippen LogP contribution in [0.2, 0.25) is 0 Å². The minimum absolute atomic E-state index is 0.171. The highest BCUT2D eigenvalue weighted by atomic mass is 79.9. The SMILES string of the molecule is O=c1[nH]c(-c2sccc2Br)ncc1Br. The van der Waals surface area contributed by atoms with E-state index >= 15 is 0 Å². The lowest BCUT2D eigenvalue weighted by Gasteiger charge is -1.97. The smallest absolute Gasteiger partial charge is 0.265 e. The van der Waals surface area contributed by atoms with Crippen LogP contribution in [-0.4, -0.2) is 9.97 Å². The molecule has 0 aliphatic rings. The number of hydrogen-bond acceptors (Lipinski definition) is 3. The van der Waals surface area contributed by atoms with Crippen LogP contribution >= 0.6 is 43.2 Å². The van der Waals surface area contributed by atoms with Gasteiger partial charge in [-0.1, -0.05) is 0 Å². The molecule has 0 fully saturated rings. The van der Waals surface area contributed by atoms with E-state index in [-0.39, 0.29) is 5.56 Å². The van der Waals surface area contributed by atoms with E-state index in [9.17, 15) is 4.79 Å². The van der Waals surface area contributed by atoms with Gasteiger partial charge in [0.1, 0.15) is 4.47 Å². The molecule has 2 aromatic rings. The summed E-state index contributed by atoms with van der Waals surface area (Å²) in [5, 5.41) is 1.93. The second-order valence-electron chi connectivity index (χ2n) is 2.51. The van der Waals surface area contributed by atoms with Crippen molar-refractivity contribution in [3.8, 4) is 10.7 Å². The molecule has 14 heavy (non-hydrogen) atoms. The lowest BCUT2D eigenvalue weighted by atomic mass is 10.4. The van der Waals surface area contributed by atoms with Gasteiger partial charge in [0.25, 0.3) is 5.56 Å². The van der Waals surface area contributed by atoms with Crippen molar-refractivity contribution < 1.29 is 0 Å². The number of thiophene rings is 1. The van der Waals surface area contributed by atoms with E-state index in [0.29, 0.717) is 10.3 Å². The molecule has 3 nitrogen and oxygen atoms in total. The standard InChI is InChI=1S/C8H4Br2N2OS/c9-4-1-2-14-6(4)7-11-3-5(10)8(13)12-7/h1-3H,(H,11,12,13). The molecule has 6 heteroatoms. The first-order valence-electron chi connectivity index (χ1n) is 3.66. The lowest BCUT2D eigenvalue weighted by molar-refractivity contribution is 1.11. The van der Waals surface area contributed by atoms with Gasteiger partial charge in [0.15, 0.2) is 5.82 Å². The van der Waals surface area contributed by atoms with Crippen molar-refractivity contribution in [2.24, 2.45) is 0 Å². The Kier molecular flexibility index (Phi) is 2.85. The Morgan fingerprint density at radius 1 is 1.36 bits per heavy atom. The lowest BCUT2D eigenvalue weighted by Crippen LogP contribution is -2.08. The third kappa shape index (κ3) is 1.82. The van der Waals surface area contributed by atoms with Gasteiger partial charge in [-0.2, -0.15) is 0 Å². The minimum atomic E-state index is -0.171. The maximum Gasteiger partial charge on any atom is 0.265 e. The van der Waals surface area contributed by atoms with Gasteiger partial charge in [-0.15, -0.1) is 11.3 Å². The van der Waals surface area contributed by atoms with Crippen molar-refractivity contribution in [1.29, 1.82) is 0 Å². The zero-order valence-corrected chi connectivity index (χ0v) is 10.7. The molecule has 0 unspecified atom stereocenters. The summed E-state index contributed by atoms with van der Waals surface area (Å²) >= 11 is 8.00. The van der Waals surface area contributed by atoms with Gasteiger partial charge in [-0.25, -0.2) is 4.98 Å². The van der Waals surface area contributed by atoms with Gasteiger partial charge >= 0.3 is 0 Å². The molecule has 0 aromatic carbocycles. The van der Waals surface area contributed by atoms with Gasteiger partial charge in [0, 0.05) is 10.7 Å². The summed E-state index contributed by atoms with van der Waals surface area (Å²) in [6.45, 7) is 0. The first-order chi connectivity index (χ1) is 6.68. The quantitative estimate of drug-likeness (QED) is 0.870. The van der Waals surface area contributed by atoms with Crippen LogP contribution < -0.4 is 5.56 Å². The maximum atomic E-state index is 11.3. The molecule has 0 bridgehead atoms. The van der Waals surface area contributed by atoms with Crippen LogP contribution in [0.15, 0.2) is 31.4 Å². The van der Waals surface area contributed by atoms with Crippen molar-refractivity contribution in [2.45, 2.75) is 0 Å². The highest BCUT2D eigenvalue weighted by Gasteiger charge is 2.07. The van der Waals surface area contributed by atoms with E-state index < -0.39 is 0 Å². The molecule has 0 aliphatic carbocycles. The molecule has 0 saturated heterocycles. The van der Waals surface area contributed by atoms with E-state index in [1.54, 1.807) is 0 Å². The first kappa shape index (κ1) is 10.1. The predicted molar refractivity (Wildman–Crippen MR) is 63.6 cm³/mol. The molecule has 72 valence electrons. The molecule has 0 aliphatic heterocycles. The molecule has 0 radical (unpaired) electrons. The fourth-order valence-corrected chi connectivity index (χ4v) is 2.67. The third-order valence-electron chi connectivity index (χ3n) is 1.59. The second kappa shape index (κ2) is 3.96. The van der Waals surface area contributed by atoms with Crippen LogP contribution in [0, 0.1) is 0 Å². The summed E-state index contributed by atoms with van der Waals surface area (Å²) in [5.41, 5.74) is -0.171. The fourth-order valence-electron chi connectivity index (χ4n) is 0.957. The van der Waals surface area contributed by atoms with Crippen LogP contribution in [0.25, 0.3) is 10.7 Å². The van der Waals surface area contributed by atoms with Gasteiger partial charge in [0.2, 0.25) is 0 Å². The number of nitrogens with zero attached hydrogens (tertiary/aromatic N) is 1. The number of nitrogens with one attached hydrogen (secondary N) is 1. The molecule has 0 amide bonds. The molecule has 1 N–H and O–H groups in total. The van der Waals surface area contributed by atoms with Crippen molar-refractivity contribution >= 4 is 43.2 Å². The topological polar surface area (TPSA) is 45.8 Å². The van der Waals surface area contributed by atoms with Gasteiger partial charge < -0.3 is 4.98 Å². The monoisotopic (exact) mass is 334 g/mol. The van der Waals surface area contributed by atoms with Gasteiger partial charge in [-0.3, -0.25) is 4.79 Å². The number of rotatable bonds is 1. The number of hydrogen-bond donors (Lipinski definition) is 1. The summed E-state index contributed by atoms with van der Waals surface area (Å²) in [6.07, 6.45) is 1.50. The Morgan fingerprint density at radius 2 is 2.14 bits per heavy atom. The summed E-state index contributed by atoms with van der Waals surface area (Å²) in [7, 11) is 0. The molecular formula is C8H4Br2N2OS. The Hall–Kier alpha value is -0.460. The molecular weight excluding hydrogens is 332 g/mol. The van der Waals surface area contributed by atoms with E-state index in [0.717, 1.165) is 9.35 Å². The van der Waals surface area contributed by atoms with Crippen molar-refractivity contribution in [3.63, 3.8) is 0 Å². The van der Waals surface area contributed by atoms with E-state index in [1.165, 1.54) is 17.5 Å². The zero-order valence-electron chi connectivity index (χ0n) is 6.75. The largest absolute Gasteiger partial charge is 0.305 e. The number of aromatic nitrogens is 2. The van der Waals surface area contributed by atoms with Crippen molar-refractivity contribution in [1.82, 2.24) is 9.97 Å². The second-order valence-corrected chi connectivity index (χ2v) is 5.13. The molecule has 2 rings (SSSR count). The van der Waals surface area contributed by atoms with E-state index in [4.69, 9.17) is 0 Å². The molecule has 0 atom stereocenters. The van der Waals surface area contributed by atoms with Crippen LogP contribution in [-0.2, 0) is 0 Å². The average Bonchev–Trinajstić information content (AvgIpc) is 2.57. The van der Waals surface area contributed by atoms with Gasteiger partial charge in [0.05, 0.1) is 4.88 Å². The average molecular weight is 336 g/mol. The predicted octanol–water partition coefficient (Wildman–Crippen LogP) is 3.02. The zero-order chi connectivity index (χ0) is 10.1. The Labute approximate surface area is 100 Å². The summed E-state index contributed by atoms with van der Waals surface area (Å²) in [6, 6.07) is 1.92. The Bertz CT molecular complexity index is 520. The van der Waals surface area contributed by atoms with Crippen LogP contribution in [0.4, 0.5) is 0 Å². The summed E-state index contributed by atoms with van der Waals surface area (Å²) < 4.78 is 1.38. The van der Waals surface area contributed by atoms with Crippen LogP contribution in [0.1, 0.15) is 0 Å². The van der Waals surface area contributed by atoms with Crippen molar-refractivity contribution in [3.05, 3.63) is 36.9 Å². The van der Waals surface area contributed by atoms with Gasteiger partial charge in [-0.05, 0) is 43.3 Å². The molecule has 2 aromatic heterocycles. The Balaban J connectivity index is 2.59. The molecule has 2 heterocycles. The summed E-state index contributed by atoms with van der Waals surface area (Å²) in [5.74, 6) is 0.583. The van der Waals surface area contributed by atoms with E-state index in [1.807, 2.05) is 11.4 Å². The van der Waals surface area contributed by atoms with Crippen LogP contribution in [0.5, 0.6) is 0 Å². The first-order valence-corrected chi connectivity index (χ1v) is 6.13.